The Bertz CT molecular complexity index is 1150. The zero-order valence-electron chi connectivity index (χ0n) is 15.7. The first-order valence-corrected chi connectivity index (χ1v) is 11.8. The molecule has 0 saturated carbocycles. The molecule has 7 nitrogen and oxygen atoms in total. The molecule has 30 heavy (non-hydrogen) atoms. The van der Waals surface area contributed by atoms with Crippen LogP contribution in [0.5, 0.6) is 0 Å². The lowest BCUT2D eigenvalue weighted by molar-refractivity contribution is -0.123. The fourth-order valence-corrected chi connectivity index (χ4v) is 5.44. The Hall–Kier alpha value is -2.69. The number of anilines is 2. The van der Waals surface area contributed by atoms with E-state index in [1.807, 2.05) is 6.07 Å². The lowest BCUT2D eigenvalue weighted by atomic mass is 10.2. The van der Waals surface area contributed by atoms with Gasteiger partial charge in [0.2, 0.25) is 0 Å². The summed E-state index contributed by atoms with van der Waals surface area (Å²) in [6.45, 7) is 1.47. The Morgan fingerprint density at radius 3 is 2.23 bits per heavy atom. The van der Waals surface area contributed by atoms with Gasteiger partial charge >= 0.3 is 5.97 Å². The van der Waals surface area contributed by atoms with Crippen LogP contribution in [-0.4, -0.2) is 26.4 Å². The molecular weight excluding hydrogens is 492 g/mol. The number of ether oxygens (including phenoxy) is 1. The third kappa shape index (κ3) is 5.68. The quantitative estimate of drug-likeness (QED) is 0.457. The largest absolute Gasteiger partial charge is 0.449 e. The van der Waals surface area contributed by atoms with Crippen molar-refractivity contribution in [3.8, 4) is 0 Å². The summed E-state index contributed by atoms with van der Waals surface area (Å²) in [5.41, 5.74) is 1.09. The van der Waals surface area contributed by atoms with Crippen LogP contribution in [0.4, 0.5) is 11.4 Å². The third-order valence-corrected chi connectivity index (χ3v) is 7.38. The minimum atomic E-state index is -3.72. The van der Waals surface area contributed by atoms with Gasteiger partial charge < -0.3 is 10.1 Å². The summed E-state index contributed by atoms with van der Waals surface area (Å²) >= 11 is 4.32. The van der Waals surface area contributed by atoms with Crippen molar-refractivity contribution in [2.75, 3.05) is 10.0 Å². The van der Waals surface area contributed by atoms with Crippen LogP contribution in [0.3, 0.4) is 0 Å². The predicted molar refractivity (Wildman–Crippen MR) is 119 cm³/mol. The van der Waals surface area contributed by atoms with E-state index in [4.69, 9.17) is 4.74 Å². The second-order valence-electron chi connectivity index (χ2n) is 6.14. The molecule has 3 aromatic rings. The topological polar surface area (TPSA) is 102 Å². The van der Waals surface area contributed by atoms with Crippen molar-refractivity contribution in [2.45, 2.75) is 17.2 Å². The number of rotatable bonds is 7. The highest BCUT2D eigenvalue weighted by Gasteiger charge is 2.20. The fraction of sp³-hybridized carbons (Fsp3) is 0.100. The molecule has 0 unspecified atom stereocenters. The molecule has 0 aliphatic heterocycles. The molecular formula is C20H17BrN2O5S2. The highest BCUT2D eigenvalue weighted by atomic mass is 79.9. The highest BCUT2D eigenvalue weighted by Crippen LogP contribution is 2.27. The lowest BCUT2D eigenvalue weighted by Gasteiger charge is -2.14. The van der Waals surface area contributed by atoms with Crippen LogP contribution in [0.1, 0.15) is 17.3 Å². The second kappa shape index (κ2) is 9.41. The van der Waals surface area contributed by atoms with Gasteiger partial charge in [0.25, 0.3) is 15.9 Å². The van der Waals surface area contributed by atoms with Gasteiger partial charge in [-0.3, -0.25) is 9.52 Å². The van der Waals surface area contributed by atoms with Crippen LogP contribution in [0.25, 0.3) is 0 Å². The van der Waals surface area contributed by atoms with E-state index in [9.17, 15) is 18.0 Å². The number of para-hydroxylation sites is 1. The summed E-state index contributed by atoms with van der Waals surface area (Å²) < 4.78 is 33.2. The molecule has 10 heteroatoms. The van der Waals surface area contributed by atoms with Crippen molar-refractivity contribution in [1.29, 1.82) is 0 Å². The van der Waals surface area contributed by atoms with E-state index in [0.717, 1.165) is 11.3 Å². The number of carbonyl (C=O) groups is 2. The summed E-state index contributed by atoms with van der Waals surface area (Å²) in [6.07, 6.45) is -1.01. The molecule has 0 radical (unpaired) electrons. The molecule has 0 fully saturated rings. The molecule has 2 aromatic carbocycles. The molecule has 3 rings (SSSR count). The molecule has 156 valence electrons. The third-order valence-electron chi connectivity index (χ3n) is 3.88. The Balaban J connectivity index is 1.60. The van der Waals surface area contributed by atoms with Gasteiger partial charge in [-0.2, -0.15) is 0 Å². The van der Waals surface area contributed by atoms with Gasteiger partial charge in [0.05, 0.1) is 9.35 Å². The SMILES string of the molecule is C[C@@H](OC(=O)c1ccc(NS(=O)(=O)c2ccc(Br)s2)cc1)C(=O)Nc1ccccc1. The van der Waals surface area contributed by atoms with E-state index in [1.165, 1.54) is 37.3 Å². The van der Waals surface area contributed by atoms with Crippen molar-refractivity contribution in [3.05, 3.63) is 76.1 Å². The van der Waals surface area contributed by atoms with Crippen LogP contribution in [-0.2, 0) is 19.6 Å². The normalized spacial score (nSPS) is 12.1. The lowest BCUT2D eigenvalue weighted by Crippen LogP contribution is -2.30. The van der Waals surface area contributed by atoms with Crippen molar-refractivity contribution in [3.63, 3.8) is 0 Å². The fourth-order valence-electron chi connectivity index (χ4n) is 2.37. The van der Waals surface area contributed by atoms with Crippen molar-refractivity contribution < 1.29 is 22.7 Å². The molecule has 1 aromatic heterocycles. The number of halogens is 1. The van der Waals surface area contributed by atoms with Gasteiger partial charge in [0, 0.05) is 11.4 Å². The van der Waals surface area contributed by atoms with Crippen LogP contribution in [0.2, 0.25) is 0 Å². The monoisotopic (exact) mass is 508 g/mol. The standard InChI is InChI=1S/C20H17BrN2O5S2/c1-13(19(24)22-15-5-3-2-4-6-15)28-20(25)14-7-9-16(10-8-14)23-30(26,27)18-12-11-17(21)29-18/h2-13,23H,1H3,(H,22,24)/t13-/m1/s1. The van der Waals surface area contributed by atoms with Crippen LogP contribution >= 0.6 is 27.3 Å². The van der Waals surface area contributed by atoms with Crippen molar-refractivity contribution in [1.82, 2.24) is 0 Å². The Morgan fingerprint density at radius 2 is 1.63 bits per heavy atom. The molecule has 2 N–H and O–H groups in total. The number of hydrogen-bond acceptors (Lipinski definition) is 6. The maximum absolute atomic E-state index is 12.3. The number of thiophene rings is 1. The number of esters is 1. The summed E-state index contributed by atoms with van der Waals surface area (Å²) in [6, 6.07) is 17.7. The van der Waals surface area contributed by atoms with E-state index in [-0.39, 0.29) is 9.77 Å². The van der Waals surface area contributed by atoms with Crippen LogP contribution < -0.4 is 10.0 Å². The van der Waals surface area contributed by atoms with Crippen molar-refractivity contribution in [2.24, 2.45) is 0 Å². The zero-order chi connectivity index (χ0) is 21.7. The first-order chi connectivity index (χ1) is 14.2. The highest BCUT2D eigenvalue weighted by molar-refractivity contribution is 9.11. The van der Waals surface area contributed by atoms with E-state index < -0.39 is 28.0 Å². The predicted octanol–water partition coefficient (Wildman–Crippen LogP) is 4.50. The van der Waals surface area contributed by atoms with Crippen LogP contribution in [0.15, 0.2) is 74.7 Å². The van der Waals surface area contributed by atoms with E-state index in [0.29, 0.717) is 15.2 Å². The first kappa shape index (κ1) is 22.0. The molecule has 0 aliphatic carbocycles. The maximum atomic E-state index is 12.3. The smallest absolute Gasteiger partial charge is 0.338 e. The Morgan fingerprint density at radius 1 is 0.967 bits per heavy atom. The van der Waals surface area contributed by atoms with Gasteiger partial charge in [-0.15, -0.1) is 11.3 Å². The first-order valence-electron chi connectivity index (χ1n) is 8.70. The van der Waals surface area contributed by atoms with Gasteiger partial charge in [-0.1, -0.05) is 18.2 Å². The summed E-state index contributed by atoms with van der Waals surface area (Å²) in [4.78, 5) is 24.4. The van der Waals surface area contributed by atoms with E-state index in [1.54, 1.807) is 30.3 Å². The number of carbonyl (C=O) groups excluding carboxylic acids is 2. The van der Waals surface area contributed by atoms with Gasteiger partial charge in [0.15, 0.2) is 6.10 Å². The molecule has 0 bridgehead atoms. The molecule has 0 aliphatic rings. The van der Waals surface area contributed by atoms with Crippen LogP contribution in [0, 0.1) is 0 Å². The van der Waals surface area contributed by atoms with Crippen molar-refractivity contribution >= 4 is 60.5 Å². The van der Waals surface area contributed by atoms with E-state index >= 15 is 0 Å². The summed E-state index contributed by atoms with van der Waals surface area (Å²) in [7, 11) is -3.72. The molecule has 1 atom stereocenters. The number of amides is 1. The summed E-state index contributed by atoms with van der Waals surface area (Å²) in [5.74, 6) is -1.15. The number of nitrogens with one attached hydrogen (secondary N) is 2. The number of sulfonamides is 1. The Labute approximate surface area is 186 Å². The maximum Gasteiger partial charge on any atom is 0.338 e. The zero-order valence-corrected chi connectivity index (χ0v) is 18.9. The molecule has 0 saturated heterocycles. The average Bonchev–Trinajstić information content (AvgIpc) is 3.16. The Kier molecular flexibility index (Phi) is 6.91. The minimum Gasteiger partial charge on any atom is -0.449 e. The minimum absolute atomic E-state index is 0.163. The number of hydrogen-bond donors (Lipinski definition) is 2. The number of benzene rings is 2. The molecule has 1 amide bonds. The van der Waals surface area contributed by atoms with Gasteiger partial charge in [-0.05, 0) is 71.4 Å². The van der Waals surface area contributed by atoms with Gasteiger partial charge in [0.1, 0.15) is 4.21 Å². The summed E-state index contributed by atoms with van der Waals surface area (Å²) in [5, 5.41) is 2.66. The average molecular weight is 509 g/mol. The molecule has 1 heterocycles. The van der Waals surface area contributed by atoms with Gasteiger partial charge in [-0.25, -0.2) is 13.2 Å². The van der Waals surface area contributed by atoms with E-state index in [2.05, 4.69) is 26.0 Å². The molecule has 0 spiro atoms. The second-order valence-corrected chi connectivity index (χ2v) is 10.5.